The highest BCUT2D eigenvalue weighted by Gasteiger charge is 2.61. The van der Waals surface area contributed by atoms with Crippen LogP contribution < -0.4 is 5.32 Å². The third-order valence-electron chi connectivity index (χ3n) is 5.82. The first-order chi connectivity index (χ1) is 13.0. The number of amides is 3. The topological polar surface area (TPSA) is 92.8 Å². The van der Waals surface area contributed by atoms with Gasteiger partial charge in [-0.25, -0.2) is 0 Å². The number of nitrogens with one attached hydrogen (secondary N) is 1. The maximum Gasteiger partial charge on any atom is 0.326 e. The number of hydrogen-bond acceptors (Lipinski definition) is 5. The van der Waals surface area contributed by atoms with Gasteiger partial charge in [0.2, 0.25) is 11.8 Å². The summed E-state index contributed by atoms with van der Waals surface area (Å²) in [5, 5.41) is 2.90. The summed E-state index contributed by atoms with van der Waals surface area (Å²) in [6.07, 6.45) is 2.89. The summed E-state index contributed by atoms with van der Waals surface area (Å²) in [7, 11) is 0. The molecule has 3 aliphatic rings. The molecular formula is C19H19ClN2O5. The van der Waals surface area contributed by atoms with Crippen molar-refractivity contribution in [3.05, 3.63) is 29.3 Å². The number of fused-ring (bicyclic) bond motifs is 5. The van der Waals surface area contributed by atoms with E-state index in [1.165, 1.54) is 0 Å². The number of ether oxygens (including phenoxy) is 1. The molecule has 0 unspecified atom stereocenters. The number of para-hydroxylation sites is 1. The quantitative estimate of drug-likeness (QED) is 0.611. The number of carbonyl (C=O) groups is 4. The third-order valence-corrected chi connectivity index (χ3v) is 6.15. The molecule has 2 saturated carbocycles. The van der Waals surface area contributed by atoms with Crippen molar-refractivity contribution in [1.82, 2.24) is 4.90 Å². The Labute approximate surface area is 161 Å². The van der Waals surface area contributed by atoms with Crippen LogP contribution in [0.3, 0.4) is 0 Å². The monoisotopic (exact) mass is 390 g/mol. The van der Waals surface area contributed by atoms with Crippen LogP contribution in [0.15, 0.2) is 24.3 Å². The van der Waals surface area contributed by atoms with E-state index in [0.29, 0.717) is 10.7 Å². The zero-order valence-corrected chi connectivity index (χ0v) is 15.3. The average Bonchev–Trinajstić information content (AvgIpc) is 3.32. The van der Waals surface area contributed by atoms with E-state index >= 15 is 0 Å². The third kappa shape index (κ3) is 3.20. The highest BCUT2D eigenvalue weighted by atomic mass is 35.5. The molecule has 8 heteroatoms. The Kier molecular flexibility index (Phi) is 4.63. The van der Waals surface area contributed by atoms with Gasteiger partial charge in [0.15, 0.2) is 6.61 Å². The van der Waals surface area contributed by atoms with Gasteiger partial charge in [0.25, 0.3) is 5.91 Å². The minimum atomic E-state index is -0.779. The summed E-state index contributed by atoms with van der Waals surface area (Å²) in [6, 6.07) is 6.68. The number of halogens is 1. The molecule has 1 saturated heterocycles. The second-order valence-electron chi connectivity index (χ2n) is 7.34. The van der Waals surface area contributed by atoms with Crippen molar-refractivity contribution in [3.8, 4) is 0 Å². The molecule has 2 bridgehead atoms. The second kappa shape index (κ2) is 6.96. The first-order valence-electron chi connectivity index (χ1n) is 9.01. The van der Waals surface area contributed by atoms with Crippen LogP contribution in [-0.4, -0.2) is 41.7 Å². The van der Waals surface area contributed by atoms with Gasteiger partial charge in [-0.2, -0.15) is 0 Å². The largest absolute Gasteiger partial charge is 0.454 e. The molecular weight excluding hydrogens is 372 g/mol. The van der Waals surface area contributed by atoms with E-state index < -0.39 is 25.0 Å². The SMILES string of the molecule is O=C(COC(=O)CN1C(=O)[C@H]2[C@@H]3CC[C@@H](C3)[C@@H]2C1=O)Nc1ccccc1Cl. The number of imide groups is 1. The lowest BCUT2D eigenvalue weighted by atomic mass is 9.81. The van der Waals surface area contributed by atoms with Crippen LogP contribution in [0.1, 0.15) is 19.3 Å². The highest BCUT2D eigenvalue weighted by molar-refractivity contribution is 6.33. The normalized spacial score (nSPS) is 28.4. The maximum atomic E-state index is 12.5. The summed E-state index contributed by atoms with van der Waals surface area (Å²) in [4.78, 5) is 50.0. The van der Waals surface area contributed by atoms with Gasteiger partial charge in [-0.15, -0.1) is 0 Å². The van der Waals surface area contributed by atoms with E-state index in [4.69, 9.17) is 16.3 Å². The standard InChI is InChI=1S/C19H19ClN2O5/c20-12-3-1-2-4-13(12)21-14(23)9-27-15(24)8-22-18(25)16-10-5-6-11(7-10)17(16)19(22)26/h1-4,10-11,16-17H,5-9H2,(H,21,23)/t10-,11+,16-,17-/m0/s1. The van der Waals surface area contributed by atoms with Crippen molar-refractivity contribution < 1.29 is 23.9 Å². The smallest absolute Gasteiger partial charge is 0.326 e. The molecule has 7 nitrogen and oxygen atoms in total. The van der Waals surface area contributed by atoms with Crippen LogP contribution >= 0.6 is 11.6 Å². The lowest BCUT2D eigenvalue weighted by Gasteiger charge is -2.19. The molecule has 27 heavy (non-hydrogen) atoms. The Hall–Kier alpha value is -2.41. The number of likely N-dealkylation sites (tertiary alicyclic amines) is 1. The van der Waals surface area contributed by atoms with E-state index in [1.54, 1.807) is 24.3 Å². The van der Waals surface area contributed by atoms with Crippen LogP contribution in [0.25, 0.3) is 0 Å². The number of esters is 1. The minimum absolute atomic E-state index is 0.263. The van der Waals surface area contributed by atoms with Gasteiger partial charge < -0.3 is 10.1 Å². The summed E-state index contributed by atoms with van der Waals surface area (Å²) < 4.78 is 4.93. The molecule has 3 amide bonds. The van der Waals surface area contributed by atoms with Crippen molar-refractivity contribution in [3.63, 3.8) is 0 Å². The molecule has 1 N–H and O–H groups in total. The number of rotatable bonds is 5. The predicted octanol–water partition coefficient (Wildman–Crippen LogP) is 1.85. The highest BCUT2D eigenvalue weighted by Crippen LogP contribution is 2.56. The number of carbonyl (C=O) groups excluding carboxylic acids is 4. The van der Waals surface area contributed by atoms with E-state index in [9.17, 15) is 19.2 Å². The molecule has 2 aliphatic carbocycles. The Balaban J connectivity index is 1.30. The molecule has 3 fully saturated rings. The van der Waals surface area contributed by atoms with Crippen LogP contribution in [0.4, 0.5) is 5.69 Å². The van der Waals surface area contributed by atoms with Crippen LogP contribution in [0.5, 0.6) is 0 Å². The Morgan fingerprint density at radius 2 is 1.74 bits per heavy atom. The molecule has 142 valence electrons. The van der Waals surface area contributed by atoms with E-state index in [0.717, 1.165) is 24.2 Å². The van der Waals surface area contributed by atoms with Crippen molar-refractivity contribution in [2.45, 2.75) is 19.3 Å². The van der Waals surface area contributed by atoms with Gasteiger partial charge >= 0.3 is 5.97 Å². The number of hydrogen-bond donors (Lipinski definition) is 1. The molecule has 0 aromatic heterocycles. The Bertz CT molecular complexity index is 798. The second-order valence-corrected chi connectivity index (χ2v) is 7.74. The summed E-state index contributed by atoms with van der Waals surface area (Å²) in [5.41, 5.74) is 0.411. The Morgan fingerprint density at radius 1 is 1.11 bits per heavy atom. The molecule has 4 rings (SSSR count). The van der Waals surface area contributed by atoms with Crippen LogP contribution in [0, 0.1) is 23.7 Å². The van der Waals surface area contributed by atoms with Crippen molar-refractivity contribution in [2.24, 2.45) is 23.7 Å². The fourth-order valence-electron chi connectivity index (χ4n) is 4.70. The number of anilines is 1. The molecule has 0 radical (unpaired) electrons. The average molecular weight is 391 g/mol. The van der Waals surface area contributed by atoms with E-state index in [-0.39, 0.29) is 35.5 Å². The zero-order valence-electron chi connectivity index (χ0n) is 14.5. The maximum absolute atomic E-state index is 12.5. The molecule has 1 aromatic carbocycles. The summed E-state index contributed by atoms with van der Waals surface area (Å²) in [5.74, 6) is -1.88. The van der Waals surface area contributed by atoms with Crippen molar-refractivity contribution in [2.75, 3.05) is 18.5 Å². The first-order valence-corrected chi connectivity index (χ1v) is 9.38. The number of benzene rings is 1. The lowest BCUT2D eigenvalue weighted by Crippen LogP contribution is -2.38. The van der Waals surface area contributed by atoms with E-state index in [1.807, 2.05) is 0 Å². The molecule has 1 aliphatic heterocycles. The first kappa shape index (κ1) is 18.0. The number of nitrogens with zero attached hydrogens (tertiary/aromatic N) is 1. The van der Waals surface area contributed by atoms with Crippen molar-refractivity contribution >= 4 is 41.0 Å². The lowest BCUT2D eigenvalue weighted by molar-refractivity contribution is -0.154. The summed E-state index contributed by atoms with van der Waals surface area (Å²) >= 11 is 5.95. The minimum Gasteiger partial charge on any atom is -0.454 e. The summed E-state index contributed by atoms with van der Waals surface area (Å²) in [6.45, 7) is -0.956. The van der Waals surface area contributed by atoms with Crippen molar-refractivity contribution in [1.29, 1.82) is 0 Å². The van der Waals surface area contributed by atoms with Gasteiger partial charge in [-0.3, -0.25) is 24.1 Å². The fraction of sp³-hybridized carbons (Fsp3) is 0.474. The van der Waals surface area contributed by atoms with Gasteiger partial charge in [0.05, 0.1) is 22.5 Å². The van der Waals surface area contributed by atoms with Crippen LogP contribution in [0.2, 0.25) is 5.02 Å². The Morgan fingerprint density at radius 3 is 2.37 bits per heavy atom. The van der Waals surface area contributed by atoms with Gasteiger partial charge in [-0.05, 0) is 43.2 Å². The molecule has 4 atom stereocenters. The predicted molar refractivity (Wildman–Crippen MR) is 95.6 cm³/mol. The van der Waals surface area contributed by atoms with Gasteiger partial charge in [-0.1, -0.05) is 23.7 Å². The zero-order chi connectivity index (χ0) is 19.1. The molecule has 1 aromatic rings. The fourth-order valence-corrected chi connectivity index (χ4v) is 4.88. The van der Waals surface area contributed by atoms with E-state index in [2.05, 4.69) is 5.32 Å². The van der Waals surface area contributed by atoms with Gasteiger partial charge in [0, 0.05) is 0 Å². The molecule has 0 spiro atoms. The van der Waals surface area contributed by atoms with Gasteiger partial charge in [0.1, 0.15) is 6.54 Å². The molecule has 1 heterocycles. The van der Waals surface area contributed by atoms with Crippen LogP contribution in [-0.2, 0) is 23.9 Å².